The molecule has 0 aliphatic heterocycles. The van der Waals surface area contributed by atoms with Crippen molar-refractivity contribution in [3.05, 3.63) is 192 Å². The summed E-state index contributed by atoms with van der Waals surface area (Å²) in [6, 6.07) is 54.8. The first-order valence-corrected chi connectivity index (χ1v) is 18.3. The zero-order chi connectivity index (χ0) is 38.3. The van der Waals surface area contributed by atoms with Crippen molar-refractivity contribution < 1.29 is 33.2 Å². The molecule has 280 valence electrons. The minimum Gasteiger partial charge on any atom is -0.497 e. The molecule has 0 aromatic heterocycles. The van der Waals surface area contributed by atoms with E-state index in [0.29, 0.717) is 23.0 Å². The van der Waals surface area contributed by atoms with Gasteiger partial charge < -0.3 is 33.2 Å². The maximum atomic E-state index is 7.53. The van der Waals surface area contributed by atoms with Crippen molar-refractivity contribution in [2.45, 2.75) is 43.7 Å². The molecule has 0 aliphatic rings. The molecule has 0 saturated carbocycles. The van der Waals surface area contributed by atoms with Gasteiger partial charge in [0.05, 0.1) is 20.8 Å². The largest absolute Gasteiger partial charge is 0.497 e. The van der Waals surface area contributed by atoms with Crippen molar-refractivity contribution in [3.8, 4) is 35.3 Å². The summed E-state index contributed by atoms with van der Waals surface area (Å²) in [7, 11) is 3.23. The average Bonchev–Trinajstić information content (AvgIpc) is 3.26. The highest BCUT2D eigenvalue weighted by atomic mass is 16.7. The van der Waals surface area contributed by atoms with Crippen LogP contribution in [-0.2, 0) is 26.4 Å². The van der Waals surface area contributed by atoms with Gasteiger partial charge in [-0.3, -0.25) is 0 Å². The fourth-order valence-corrected chi connectivity index (χ4v) is 6.46. The Bertz CT molecular complexity index is 1940. The molecule has 6 aromatic rings. The summed E-state index contributed by atoms with van der Waals surface area (Å²) in [5.41, 5.74) is 2.45. The van der Waals surface area contributed by atoms with Crippen molar-refractivity contribution in [1.29, 1.82) is 0 Å². The van der Waals surface area contributed by atoms with Gasteiger partial charge in [0.25, 0.3) is 0 Å². The number of hydrogen-bond donors (Lipinski definition) is 0. The topological polar surface area (TPSA) is 64.6 Å². The normalized spacial score (nSPS) is 13.4. The summed E-state index contributed by atoms with van der Waals surface area (Å²) in [5.74, 6) is 5.29. The smallest absolute Gasteiger partial charge is 0.199 e. The lowest BCUT2D eigenvalue weighted by molar-refractivity contribution is -0.250. The predicted octanol–water partition coefficient (Wildman–Crippen LogP) is 9.49. The highest BCUT2D eigenvalue weighted by Gasteiger charge is 2.47. The third kappa shape index (κ3) is 9.56. The second kappa shape index (κ2) is 19.3. The Kier molecular flexibility index (Phi) is 13.6. The molecule has 0 amide bonds. The SMILES string of the molecule is C#C[C@H](Oc1ccc(OC)cc1)[C@@H](OCc1ccccc1)[C@H](Oc1ccc(OC)cc1)[C@H](OCC)OC(c1ccccc1)(c1ccccc1)c1ccccc1. The van der Waals surface area contributed by atoms with Gasteiger partial charge in [0.15, 0.2) is 18.5 Å². The molecule has 0 fully saturated rings. The minimum absolute atomic E-state index is 0.207. The summed E-state index contributed by atoms with van der Waals surface area (Å²) in [6.07, 6.45) is 2.38. The monoisotopic (exact) mass is 734 g/mol. The Labute approximate surface area is 324 Å². The number of hydrogen-bond acceptors (Lipinski definition) is 7. The molecule has 4 atom stereocenters. The van der Waals surface area contributed by atoms with Gasteiger partial charge in [-0.1, -0.05) is 127 Å². The van der Waals surface area contributed by atoms with Crippen LogP contribution in [-0.4, -0.2) is 45.4 Å². The lowest BCUT2D eigenvalue weighted by Crippen LogP contribution is -2.54. The van der Waals surface area contributed by atoms with E-state index in [1.807, 2.05) is 128 Å². The molecule has 55 heavy (non-hydrogen) atoms. The molecule has 0 bridgehead atoms. The van der Waals surface area contributed by atoms with E-state index >= 15 is 0 Å². The molecule has 0 N–H and O–H groups in total. The van der Waals surface area contributed by atoms with E-state index < -0.39 is 30.2 Å². The average molecular weight is 735 g/mol. The Hall–Kier alpha value is -6.04. The van der Waals surface area contributed by atoms with E-state index in [1.54, 1.807) is 26.4 Å². The lowest BCUT2D eigenvalue weighted by atomic mass is 9.80. The Morgan fingerprint density at radius 3 is 1.35 bits per heavy atom. The molecule has 0 spiro atoms. The molecule has 6 aromatic carbocycles. The van der Waals surface area contributed by atoms with Crippen molar-refractivity contribution in [1.82, 2.24) is 0 Å². The van der Waals surface area contributed by atoms with Gasteiger partial charge in [-0.2, -0.15) is 0 Å². The summed E-state index contributed by atoms with van der Waals surface area (Å²) >= 11 is 0. The number of ether oxygens (including phenoxy) is 7. The van der Waals surface area contributed by atoms with Crippen LogP contribution in [0.25, 0.3) is 0 Å². The van der Waals surface area contributed by atoms with Crippen molar-refractivity contribution in [2.24, 2.45) is 0 Å². The van der Waals surface area contributed by atoms with Crippen LogP contribution < -0.4 is 18.9 Å². The fourth-order valence-electron chi connectivity index (χ4n) is 6.46. The first-order valence-electron chi connectivity index (χ1n) is 18.3. The van der Waals surface area contributed by atoms with Crippen molar-refractivity contribution >= 4 is 0 Å². The third-order valence-corrected chi connectivity index (χ3v) is 9.16. The second-order valence-electron chi connectivity index (χ2n) is 12.6. The number of methoxy groups -OCH3 is 2. The molecular weight excluding hydrogens is 689 g/mol. The first kappa shape index (κ1) is 38.7. The number of rotatable bonds is 19. The maximum absolute atomic E-state index is 7.53. The van der Waals surface area contributed by atoms with Crippen LogP contribution in [0.5, 0.6) is 23.0 Å². The molecule has 7 nitrogen and oxygen atoms in total. The van der Waals surface area contributed by atoms with Crippen molar-refractivity contribution in [2.75, 3.05) is 20.8 Å². The van der Waals surface area contributed by atoms with Crippen LogP contribution in [0.15, 0.2) is 170 Å². The van der Waals surface area contributed by atoms with Crippen LogP contribution in [0, 0.1) is 12.3 Å². The predicted molar refractivity (Wildman–Crippen MR) is 214 cm³/mol. The van der Waals surface area contributed by atoms with E-state index in [9.17, 15) is 0 Å². The van der Waals surface area contributed by atoms with Crippen LogP contribution in [0.4, 0.5) is 0 Å². The Balaban J connectivity index is 1.53. The number of benzene rings is 6. The highest BCUT2D eigenvalue weighted by molar-refractivity contribution is 5.47. The first-order chi connectivity index (χ1) is 27.1. The zero-order valence-corrected chi connectivity index (χ0v) is 31.3. The quantitative estimate of drug-likeness (QED) is 0.0467. The van der Waals surface area contributed by atoms with E-state index in [1.165, 1.54) is 0 Å². The molecule has 0 saturated heterocycles. The van der Waals surface area contributed by atoms with Crippen molar-refractivity contribution in [3.63, 3.8) is 0 Å². The van der Waals surface area contributed by atoms with Gasteiger partial charge >= 0.3 is 0 Å². The summed E-state index contributed by atoms with van der Waals surface area (Å²) in [6.45, 7) is 2.41. The third-order valence-electron chi connectivity index (χ3n) is 9.16. The van der Waals surface area contributed by atoms with E-state index in [2.05, 4.69) is 42.3 Å². The van der Waals surface area contributed by atoms with E-state index in [-0.39, 0.29) is 13.2 Å². The molecule has 6 rings (SSSR count). The molecule has 0 unspecified atom stereocenters. The molecule has 0 radical (unpaired) electrons. The van der Waals surface area contributed by atoms with Gasteiger partial charge in [-0.05, 0) is 77.7 Å². The number of terminal acetylenes is 1. The van der Waals surface area contributed by atoms with Gasteiger partial charge in [-0.15, -0.1) is 6.42 Å². The molecule has 0 heterocycles. The summed E-state index contributed by atoms with van der Waals surface area (Å²) in [4.78, 5) is 0. The van der Waals surface area contributed by atoms with Gasteiger partial charge in [0.2, 0.25) is 0 Å². The zero-order valence-electron chi connectivity index (χ0n) is 31.3. The maximum Gasteiger partial charge on any atom is 0.199 e. The van der Waals surface area contributed by atoms with Gasteiger partial charge in [-0.25, -0.2) is 0 Å². The van der Waals surface area contributed by atoms with E-state index in [0.717, 1.165) is 22.3 Å². The van der Waals surface area contributed by atoms with Crippen LogP contribution in [0.3, 0.4) is 0 Å². The Morgan fingerprint density at radius 2 is 0.927 bits per heavy atom. The fraction of sp³-hybridized carbons (Fsp3) is 0.208. The minimum atomic E-state index is -1.17. The molecule has 0 aliphatic carbocycles. The Morgan fingerprint density at radius 1 is 0.509 bits per heavy atom. The van der Waals surface area contributed by atoms with Gasteiger partial charge in [0, 0.05) is 6.61 Å². The lowest BCUT2D eigenvalue weighted by Gasteiger charge is -2.42. The summed E-state index contributed by atoms with van der Waals surface area (Å²) in [5, 5.41) is 0. The van der Waals surface area contributed by atoms with Crippen LogP contribution in [0.1, 0.15) is 29.2 Å². The van der Waals surface area contributed by atoms with E-state index in [4.69, 9.17) is 39.6 Å². The summed E-state index contributed by atoms with van der Waals surface area (Å²) < 4.78 is 45.4. The van der Waals surface area contributed by atoms with Gasteiger partial charge in [0.1, 0.15) is 34.7 Å². The second-order valence-corrected chi connectivity index (χ2v) is 12.6. The van der Waals surface area contributed by atoms with Crippen LogP contribution >= 0.6 is 0 Å². The molecular formula is C48H46O7. The highest BCUT2D eigenvalue weighted by Crippen LogP contribution is 2.43. The standard InChI is InChI=1S/C48H46O7/c1-5-44(53-42-31-27-40(49-3)28-32-42)45(52-35-36-19-11-7-12-20-36)46(54-43-33-29-41(50-4)30-34-43)47(51-6-2)55-48(37-21-13-8-14-22-37,38-23-15-9-16-24-38)39-25-17-10-18-26-39/h1,7-34,44-47H,6,35H2,2-4H3/t44-,45+,46-,47+/m0/s1. The molecule has 7 heteroatoms. The van der Waals surface area contributed by atoms with Crippen LogP contribution in [0.2, 0.25) is 0 Å².